The van der Waals surface area contributed by atoms with Crippen molar-refractivity contribution < 1.29 is 14.1 Å². The van der Waals surface area contributed by atoms with Gasteiger partial charge in [-0.25, -0.2) is 0 Å². The summed E-state index contributed by atoms with van der Waals surface area (Å²) in [6.45, 7) is 3.99. The molecule has 2 aromatic rings. The van der Waals surface area contributed by atoms with Gasteiger partial charge in [0.15, 0.2) is 5.58 Å². The smallest absolute Gasteiger partial charge is 0.243 e. The lowest BCUT2D eigenvalue weighted by atomic mass is 10.1. The summed E-state index contributed by atoms with van der Waals surface area (Å²) in [5.74, 6) is 0.997. The van der Waals surface area contributed by atoms with Crippen molar-refractivity contribution in [2.24, 2.45) is 0 Å². The molecule has 1 aromatic carbocycles. The summed E-state index contributed by atoms with van der Waals surface area (Å²) in [6, 6.07) is 7.17. The largest absolute Gasteiger partial charge is 0.356 e. The number of carbonyl (C=O) groups excluding carboxylic acids is 2. The second kappa shape index (κ2) is 7.25. The highest BCUT2D eigenvalue weighted by Gasteiger charge is 2.35. The van der Waals surface area contributed by atoms with Crippen molar-refractivity contribution in [3.05, 3.63) is 30.0 Å². The number of fused-ring (bicyclic) bond motifs is 1. The maximum atomic E-state index is 12.7. The zero-order valence-electron chi connectivity index (χ0n) is 13.8. The van der Waals surface area contributed by atoms with Crippen LogP contribution in [0.4, 0.5) is 0 Å². The number of carbonyl (C=O) groups is 2. The van der Waals surface area contributed by atoms with Crippen molar-refractivity contribution in [2.75, 3.05) is 11.6 Å². The molecule has 2 amide bonds. The summed E-state index contributed by atoms with van der Waals surface area (Å²) >= 11 is 1.60. The Morgan fingerprint density at radius 1 is 1.46 bits per heavy atom. The Morgan fingerprint density at radius 3 is 3.04 bits per heavy atom. The molecule has 0 unspecified atom stereocenters. The number of para-hydroxylation sites is 1. The molecule has 1 saturated heterocycles. The molecule has 3 rings (SSSR count). The Morgan fingerprint density at radius 2 is 2.25 bits per heavy atom. The summed E-state index contributed by atoms with van der Waals surface area (Å²) in [5, 5.41) is 7.82. The van der Waals surface area contributed by atoms with Crippen LogP contribution in [0, 0.1) is 0 Å². The first kappa shape index (κ1) is 16.8. The van der Waals surface area contributed by atoms with Crippen LogP contribution in [0.15, 0.2) is 28.8 Å². The first-order valence-corrected chi connectivity index (χ1v) is 9.26. The zero-order chi connectivity index (χ0) is 17.1. The summed E-state index contributed by atoms with van der Waals surface area (Å²) in [4.78, 5) is 26.7. The molecular weight excluding hydrogens is 326 g/mol. The maximum absolute atomic E-state index is 12.7. The van der Waals surface area contributed by atoms with E-state index in [4.69, 9.17) is 4.52 Å². The molecule has 24 heavy (non-hydrogen) atoms. The van der Waals surface area contributed by atoms with Crippen molar-refractivity contribution >= 4 is 34.5 Å². The minimum absolute atomic E-state index is 0.0762. The van der Waals surface area contributed by atoms with E-state index in [1.165, 1.54) is 0 Å². The van der Waals surface area contributed by atoms with Gasteiger partial charge in [0.1, 0.15) is 11.7 Å². The normalized spacial score (nSPS) is 18.8. The molecule has 7 heteroatoms. The number of amides is 2. The van der Waals surface area contributed by atoms with Crippen LogP contribution >= 0.6 is 11.8 Å². The van der Waals surface area contributed by atoms with Crippen molar-refractivity contribution in [3.63, 3.8) is 0 Å². The van der Waals surface area contributed by atoms with Gasteiger partial charge in [-0.3, -0.25) is 9.59 Å². The molecule has 0 saturated carbocycles. The zero-order valence-corrected chi connectivity index (χ0v) is 14.6. The maximum Gasteiger partial charge on any atom is 0.243 e. The predicted octanol–water partition coefficient (Wildman–Crippen LogP) is 2.19. The van der Waals surface area contributed by atoms with Gasteiger partial charge >= 0.3 is 0 Å². The van der Waals surface area contributed by atoms with Gasteiger partial charge in [-0.05, 0) is 25.5 Å². The fraction of sp³-hybridized carbons (Fsp3) is 0.471. The molecule has 1 aliphatic heterocycles. The van der Waals surface area contributed by atoms with Crippen LogP contribution in [0.25, 0.3) is 11.0 Å². The van der Waals surface area contributed by atoms with E-state index in [1.54, 1.807) is 16.7 Å². The van der Waals surface area contributed by atoms with Crippen LogP contribution in [0.5, 0.6) is 0 Å². The monoisotopic (exact) mass is 347 g/mol. The number of aromatic nitrogens is 1. The van der Waals surface area contributed by atoms with E-state index < -0.39 is 6.04 Å². The number of rotatable bonds is 5. The molecule has 1 aromatic heterocycles. The number of nitrogens with one attached hydrogen (secondary N) is 1. The fourth-order valence-electron chi connectivity index (χ4n) is 2.66. The average molecular weight is 347 g/mol. The lowest BCUT2D eigenvalue weighted by Crippen LogP contribution is -2.49. The minimum Gasteiger partial charge on any atom is -0.356 e. The van der Waals surface area contributed by atoms with Crippen LogP contribution in [-0.2, 0) is 16.0 Å². The number of benzene rings is 1. The molecule has 0 spiro atoms. The van der Waals surface area contributed by atoms with E-state index >= 15 is 0 Å². The molecule has 0 bridgehead atoms. The van der Waals surface area contributed by atoms with Gasteiger partial charge in [0.05, 0.1) is 12.3 Å². The van der Waals surface area contributed by atoms with Crippen LogP contribution in [0.2, 0.25) is 0 Å². The Balaban J connectivity index is 1.70. The van der Waals surface area contributed by atoms with Gasteiger partial charge in [-0.15, -0.1) is 11.8 Å². The molecule has 0 aliphatic carbocycles. The quantitative estimate of drug-likeness (QED) is 0.897. The predicted molar refractivity (Wildman–Crippen MR) is 93.6 cm³/mol. The number of thioether (sulfide) groups is 1. The minimum atomic E-state index is -0.408. The first-order valence-electron chi connectivity index (χ1n) is 8.11. The molecule has 2 atom stereocenters. The van der Waals surface area contributed by atoms with E-state index in [9.17, 15) is 9.59 Å². The molecular formula is C17H21N3O3S. The van der Waals surface area contributed by atoms with Gasteiger partial charge < -0.3 is 14.7 Å². The van der Waals surface area contributed by atoms with Crippen molar-refractivity contribution in [3.8, 4) is 0 Å². The molecule has 1 fully saturated rings. The molecule has 1 aliphatic rings. The van der Waals surface area contributed by atoms with E-state index in [0.29, 0.717) is 22.9 Å². The summed E-state index contributed by atoms with van der Waals surface area (Å²) in [7, 11) is 0. The van der Waals surface area contributed by atoms with Gasteiger partial charge in [-0.1, -0.05) is 24.2 Å². The first-order chi connectivity index (χ1) is 11.6. The SMILES string of the molecule is CC[C@H](C)NC(=O)[C@@H]1CSCN1C(=O)Cc1noc2ccccc12. The standard InChI is InChI=1S/C17H21N3O3S/c1-3-11(2)18-17(22)14-9-24-10-20(14)16(21)8-13-12-6-4-5-7-15(12)23-19-13/h4-7,11,14H,3,8-10H2,1-2H3,(H,18,22)/t11-,14-/m0/s1. The summed E-state index contributed by atoms with van der Waals surface area (Å²) in [5.41, 5.74) is 1.29. The van der Waals surface area contributed by atoms with Crippen LogP contribution in [-0.4, -0.2) is 45.6 Å². The third kappa shape index (κ3) is 3.40. The Bertz CT molecular complexity index is 746. The highest BCUT2D eigenvalue weighted by molar-refractivity contribution is 7.99. The van der Waals surface area contributed by atoms with E-state index in [-0.39, 0.29) is 24.3 Å². The van der Waals surface area contributed by atoms with Crippen molar-refractivity contribution in [2.45, 2.75) is 38.8 Å². The molecule has 1 N–H and O–H groups in total. The molecule has 128 valence electrons. The lowest BCUT2D eigenvalue weighted by Gasteiger charge is -2.24. The fourth-order valence-corrected chi connectivity index (χ4v) is 3.84. The average Bonchev–Trinajstić information content (AvgIpc) is 3.22. The van der Waals surface area contributed by atoms with Gasteiger partial charge in [-0.2, -0.15) is 0 Å². The van der Waals surface area contributed by atoms with Crippen LogP contribution < -0.4 is 5.32 Å². The summed E-state index contributed by atoms with van der Waals surface area (Å²) < 4.78 is 5.25. The number of nitrogens with zero attached hydrogens (tertiary/aromatic N) is 2. The number of hydrogen-bond acceptors (Lipinski definition) is 5. The molecule has 0 radical (unpaired) electrons. The lowest BCUT2D eigenvalue weighted by molar-refractivity contribution is -0.137. The summed E-state index contributed by atoms with van der Waals surface area (Å²) in [6.07, 6.45) is 1.01. The molecule has 2 heterocycles. The molecule has 6 nitrogen and oxygen atoms in total. The third-order valence-electron chi connectivity index (χ3n) is 4.28. The highest BCUT2D eigenvalue weighted by Crippen LogP contribution is 2.24. The van der Waals surface area contributed by atoms with Gasteiger partial charge in [0.25, 0.3) is 0 Å². The van der Waals surface area contributed by atoms with E-state index in [2.05, 4.69) is 10.5 Å². The Hall–Kier alpha value is -2.02. The van der Waals surface area contributed by atoms with Crippen molar-refractivity contribution in [1.82, 2.24) is 15.4 Å². The second-order valence-corrected chi connectivity index (χ2v) is 7.00. The van der Waals surface area contributed by atoms with Crippen molar-refractivity contribution in [1.29, 1.82) is 0 Å². The van der Waals surface area contributed by atoms with Gasteiger partial charge in [0, 0.05) is 17.2 Å². The highest BCUT2D eigenvalue weighted by atomic mass is 32.2. The number of hydrogen-bond donors (Lipinski definition) is 1. The van der Waals surface area contributed by atoms with E-state index in [1.807, 2.05) is 38.1 Å². The topological polar surface area (TPSA) is 75.4 Å². The van der Waals surface area contributed by atoms with Gasteiger partial charge in [0.2, 0.25) is 11.8 Å². The second-order valence-electron chi connectivity index (χ2n) is 6.00. The Kier molecular flexibility index (Phi) is 5.08. The van der Waals surface area contributed by atoms with Crippen LogP contribution in [0.3, 0.4) is 0 Å². The van der Waals surface area contributed by atoms with E-state index in [0.717, 1.165) is 11.8 Å². The third-order valence-corrected chi connectivity index (χ3v) is 5.29. The van der Waals surface area contributed by atoms with Crippen LogP contribution in [0.1, 0.15) is 26.0 Å². The Labute approximate surface area is 144 Å².